The topological polar surface area (TPSA) is 65.8 Å². The number of benzene rings is 2. The third-order valence-corrected chi connectivity index (χ3v) is 5.37. The Balaban J connectivity index is 1.71. The molecule has 1 heterocycles. The molecule has 1 N–H and O–H groups in total. The van der Waals surface area contributed by atoms with E-state index in [0.717, 1.165) is 22.4 Å². The fourth-order valence-corrected chi connectivity index (χ4v) is 3.58. The molecular weight excluding hydrogens is 390 g/mol. The van der Waals surface area contributed by atoms with Gasteiger partial charge in [0, 0.05) is 34.4 Å². The lowest BCUT2D eigenvalue weighted by atomic mass is 10.1. The highest BCUT2D eigenvalue weighted by Crippen LogP contribution is 2.24. The maximum absolute atomic E-state index is 12.5. The van der Waals surface area contributed by atoms with Crippen molar-refractivity contribution < 1.29 is 4.79 Å². The van der Waals surface area contributed by atoms with E-state index in [2.05, 4.69) is 29.4 Å². The van der Waals surface area contributed by atoms with Gasteiger partial charge in [0.05, 0.1) is 17.2 Å². The molecular formula is C22H18ClN3OS. The van der Waals surface area contributed by atoms with Crippen molar-refractivity contribution in [3.63, 3.8) is 0 Å². The van der Waals surface area contributed by atoms with Crippen LogP contribution in [0, 0.1) is 11.3 Å². The lowest BCUT2D eigenvalue weighted by molar-refractivity contribution is 0.0950. The zero-order chi connectivity index (χ0) is 19.9. The first-order valence-corrected chi connectivity index (χ1v) is 10.1. The molecule has 28 heavy (non-hydrogen) atoms. The number of halogens is 1. The molecule has 0 saturated heterocycles. The van der Waals surface area contributed by atoms with Crippen LogP contribution in [0.4, 0.5) is 0 Å². The van der Waals surface area contributed by atoms with Crippen molar-refractivity contribution in [1.29, 1.82) is 5.26 Å². The molecule has 0 atom stereocenters. The molecule has 3 rings (SSSR count). The van der Waals surface area contributed by atoms with Gasteiger partial charge < -0.3 is 5.32 Å². The second-order valence-electron chi connectivity index (χ2n) is 6.02. The molecule has 0 bridgehead atoms. The highest BCUT2D eigenvalue weighted by molar-refractivity contribution is 7.99. The van der Waals surface area contributed by atoms with E-state index in [1.54, 1.807) is 42.4 Å². The first-order chi connectivity index (χ1) is 13.6. The predicted molar refractivity (Wildman–Crippen MR) is 113 cm³/mol. The van der Waals surface area contributed by atoms with Gasteiger partial charge in [0.1, 0.15) is 0 Å². The Morgan fingerprint density at radius 2 is 1.93 bits per heavy atom. The number of amides is 1. The van der Waals surface area contributed by atoms with Gasteiger partial charge >= 0.3 is 0 Å². The Hall–Kier alpha value is -2.81. The Labute approximate surface area is 173 Å². The Morgan fingerprint density at radius 1 is 1.14 bits per heavy atom. The van der Waals surface area contributed by atoms with Gasteiger partial charge in [-0.1, -0.05) is 36.7 Å². The SMILES string of the molecule is CCSc1ccc(-c2cncc(C(=O)NCc3ccc(C#N)cc3Cl)c2)cc1. The minimum atomic E-state index is -0.229. The lowest BCUT2D eigenvalue weighted by Crippen LogP contribution is -2.23. The van der Waals surface area contributed by atoms with Crippen LogP contribution in [0.5, 0.6) is 0 Å². The predicted octanol–water partition coefficient (Wildman–Crippen LogP) is 5.32. The molecule has 0 aliphatic heterocycles. The van der Waals surface area contributed by atoms with Crippen LogP contribution in [-0.4, -0.2) is 16.6 Å². The van der Waals surface area contributed by atoms with Crippen molar-refractivity contribution >= 4 is 29.3 Å². The standard InChI is InChI=1S/C22H18ClN3OS/c1-2-28-20-7-5-16(6-8-20)18-10-19(13-25-12-18)22(27)26-14-17-4-3-15(11-24)9-21(17)23/h3-10,12-13H,2,14H2,1H3,(H,26,27). The molecule has 0 spiro atoms. The molecule has 0 unspecified atom stereocenters. The summed E-state index contributed by atoms with van der Waals surface area (Å²) in [5.74, 6) is 0.799. The van der Waals surface area contributed by atoms with Gasteiger partial charge in [-0.3, -0.25) is 9.78 Å². The van der Waals surface area contributed by atoms with E-state index in [1.165, 1.54) is 4.90 Å². The number of nitrogens with zero attached hydrogens (tertiary/aromatic N) is 2. The molecule has 0 aliphatic rings. The van der Waals surface area contributed by atoms with Crippen LogP contribution >= 0.6 is 23.4 Å². The minimum absolute atomic E-state index is 0.229. The maximum atomic E-state index is 12.5. The third-order valence-electron chi connectivity index (χ3n) is 4.12. The summed E-state index contributed by atoms with van der Waals surface area (Å²) in [6.07, 6.45) is 3.29. The summed E-state index contributed by atoms with van der Waals surface area (Å²) < 4.78 is 0. The Bertz CT molecular complexity index is 1030. The first-order valence-electron chi connectivity index (χ1n) is 8.75. The van der Waals surface area contributed by atoms with E-state index in [0.29, 0.717) is 16.1 Å². The molecule has 6 heteroatoms. The summed E-state index contributed by atoms with van der Waals surface area (Å²) in [6, 6.07) is 17.1. The number of nitriles is 1. The summed E-state index contributed by atoms with van der Waals surface area (Å²) >= 11 is 7.95. The second kappa shape index (κ2) is 9.41. The van der Waals surface area contributed by atoms with Gasteiger partial charge in [-0.25, -0.2) is 0 Å². The van der Waals surface area contributed by atoms with Crippen LogP contribution in [0.25, 0.3) is 11.1 Å². The first kappa shape index (κ1) is 19.9. The average molecular weight is 408 g/mol. The molecule has 2 aromatic carbocycles. The maximum Gasteiger partial charge on any atom is 0.253 e. The van der Waals surface area contributed by atoms with Crippen molar-refractivity contribution in [1.82, 2.24) is 10.3 Å². The number of nitrogens with one attached hydrogen (secondary N) is 1. The summed E-state index contributed by atoms with van der Waals surface area (Å²) in [6.45, 7) is 2.40. The summed E-state index contributed by atoms with van der Waals surface area (Å²) in [7, 11) is 0. The zero-order valence-electron chi connectivity index (χ0n) is 15.3. The zero-order valence-corrected chi connectivity index (χ0v) is 16.8. The van der Waals surface area contributed by atoms with Gasteiger partial charge in [-0.15, -0.1) is 11.8 Å². The number of hydrogen-bond donors (Lipinski definition) is 1. The number of carbonyl (C=O) groups excluding carboxylic acids is 1. The second-order valence-corrected chi connectivity index (χ2v) is 7.76. The average Bonchev–Trinajstić information content (AvgIpc) is 2.73. The van der Waals surface area contributed by atoms with Gasteiger partial charge in [0.15, 0.2) is 0 Å². The molecule has 0 fully saturated rings. The van der Waals surface area contributed by atoms with Gasteiger partial charge in [0.2, 0.25) is 0 Å². The smallest absolute Gasteiger partial charge is 0.253 e. The van der Waals surface area contributed by atoms with Crippen LogP contribution in [0.2, 0.25) is 5.02 Å². The number of rotatable bonds is 6. The van der Waals surface area contributed by atoms with Crippen molar-refractivity contribution in [3.05, 3.63) is 82.6 Å². The third kappa shape index (κ3) is 4.92. The van der Waals surface area contributed by atoms with Gasteiger partial charge in [0.25, 0.3) is 5.91 Å². The van der Waals surface area contributed by atoms with E-state index in [9.17, 15) is 4.79 Å². The number of carbonyl (C=O) groups is 1. The molecule has 1 aromatic heterocycles. The van der Waals surface area contributed by atoms with E-state index in [4.69, 9.17) is 16.9 Å². The molecule has 0 radical (unpaired) electrons. The molecule has 0 aliphatic carbocycles. The van der Waals surface area contributed by atoms with Crippen molar-refractivity contribution in [2.75, 3.05) is 5.75 Å². The quantitative estimate of drug-likeness (QED) is 0.562. The Morgan fingerprint density at radius 3 is 2.61 bits per heavy atom. The highest BCUT2D eigenvalue weighted by Gasteiger charge is 2.10. The molecule has 1 amide bonds. The summed E-state index contributed by atoms with van der Waals surface area (Å²) in [4.78, 5) is 17.9. The van der Waals surface area contributed by atoms with Crippen LogP contribution in [0.3, 0.4) is 0 Å². The number of thioether (sulfide) groups is 1. The van der Waals surface area contributed by atoms with E-state index >= 15 is 0 Å². The van der Waals surface area contributed by atoms with Crippen molar-refractivity contribution in [2.24, 2.45) is 0 Å². The van der Waals surface area contributed by atoms with E-state index in [-0.39, 0.29) is 12.5 Å². The van der Waals surface area contributed by atoms with Crippen LogP contribution in [0.15, 0.2) is 65.8 Å². The van der Waals surface area contributed by atoms with Gasteiger partial charge in [-0.05, 0) is 47.2 Å². The van der Waals surface area contributed by atoms with Gasteiger partial charge in [-0.2, -0.15) is 5.26 Å². The minimum Gasteiger partial charge on any atom is -0.348 e. The number of hydrogen-bond acceptors (Lipinski definition) is 4. The summed E-state index contributed by atoms with van der Waals surface area (Å²) in [5, 5.41) is 12.2. The normalized spacial score (nSPS) is 10.3. The largest absolute Gasteiger partial charge is 0.348 e. The van der Waals surface area contributed by atoms with Crippen LogP contribution in [0.1, 0.15) is 28.4 Å². The van der Waals surface area contributed by atoms with E-state index in [1.807, 2.05) is 24.3 Å². The number of pyridine rings is 1. The number of aromatic nitrogens is 1. The van der Waals surface area contributed by atoms with E-state index < -0.39 is 0 Å². The Kier molecular flexibility index (Phi) is 6.70. The van der Waals surface area contributed by atoms with Crippen LogP contribution in [-0.2, 0) is 6.54 Å². The summed E-state index contributed by atoms with van der Waals surface area (Å²) in [5.41, 5.74) is 3.62. The lowest BCUT2D eigenvalue weighted by Gasteiger charge is -2.09. The molecule has 4 nitrogen and oxygen atoms in total. The van der Waals surface area contributed by atoms with Crippen molar-refractivity contribution in [2.45, 2.75) is 18.4 Å². The molecule has 0 saturated carbocycles. The molecule has 3 aromatic rings. The van der Waals surface area contributed by atoms with Crippen molar-refractivity contribution in [3.8, 4) is 17.2 Å². The fourth-order valence-electron chi connectivity index (χ4n) is 2.67. The monoisotopic (exact) mass is 407 g/mol. The fraction of sp³-hybridized carbons (Fsp3) is 0.136. The highest BCUT2D eigenvalue weighted by atomic mass is 35.5. The molecule has 140 valence electrons. The van der Waals surface area contributed by atoms with Crippen LogP contribution < -0.4 is 5.32 Å².